The van der Waals surface area contributed by atoms with Gasteiger partial charge in [0.15, 0.2) is 4.34 Å². The van der Waals surface area contributed by atoms with Gasteiger partial charge in [-0.2, -0.15) is 0 Å². The molecule has 2 fully saturated rings. The van der Waals surface area contributed by atoms with Crippen molar-refractivity contribution in [3.63, 3.8) is 0 Å². The van der Waals surface area contributed by atoms with Crippen LogP contribution >= 0.6 is 34.9 Å². The van der Waals surface area contributed by atoms with Crippen LogP contribution in [-0.4, -0.2) is 79.8 Å². The van der Waals surface area contributed by atoms with Crippen molar-refractivity contribution in [2.45, 2.75) is 15.8 Å². The summed E-state index contributed by atoms with van der Waals surface area (Å²) in [5.41, 5.74) is 4.72. The van der Waals surface area contributed by atoms with Gasteiger partial charge in [0, 0.05) is 24.6 Å². The Balaban J connectivity index is 1.63. The summed E-state index contributed by atoms with van der Waals surface area (Å²) in [6, 6.07) is -0.516. The van der Waals surface area contributed by atoms with Crippen LogP contribution in [0.4, 0.5) is 5.13 Å². The van der Waals surface area contributed by atoms with E-state index in [1.54, 1.807) is 4.90 Å². The predicted molar refractivity (Wildman–Crippen MR) is 92.2 cm³/mol. The fraction of sp³-hybridized carbons (Fsp3) is 0.667. The number of carbonyl (C=O) groups is 2. The SMILES string of the molecule is NC1C(=O)N2CC(CSc3nnc(NCCO)s3)(C(=O)O)CS[C@H]12. The molecule has 1 aromatic heterocycles. The zero-order chi connectivity index (χ0) is 17.3. The fourth-order valence-electron chi connectivity index (χ4n) is 2.51. The Bertz CT molecular complexity index is 644. The van der Waals surface area contributed by atoms with Gasteiger partial charge in [-0.15, -0.1) is 22.0 Å². The number of nitrogens with zero attached hydrogens (tertiary/aromatic N) is 3. The molecule has 2 aliphatic rings. The molecule has 0 saturated carbocycles. The number of amides is 1. The van der Waals surface area contributed by atoms with Crippen LogP contribution in [0.5, 0.6) is 0 Å². The van der Waals surface area contributed by atoms with Crippen molar-refractivity contribution in [1.29, 1.82) is 0 Å². The number of hydrogen-bond acceptors (Lipinski definition) is 10. The summed E-state index contributed by atoms with van der Waals surface area (Å²) in [6.07, 6.45) is 0. The molecule has 0 bridgehead atoms. The number of rotatable bonds is 7. The number of aliphatic hydroxyl groups excluding tert-OH is 1. The highest BCUT2D eigenvalue weighted by molar-refractivity contribution is 8.01. The molecule has 2 aliphatic heterocycles. The lowest BCUT2D eigenvalue weighted by Gasteiger charge is -2.52. The number of fused-ring (bicyclic) bond motifs is 1. The first-order valence-electron chi connectivity index (χ1n) is 7.19. The highest BCUT2D eigenvalue weighted by Gasteiger charge is 2.55. The van der Waals surface area contributed by atoms with Crippen molar-refractivity contribution in [2.24, 2.45) is 11.1 Å². The van der Waals surface area contributed by atoms with E-state index in [0.717, 1.165) is 0 Å². The number of hydrogen-bond donors (Lipinski definition) is 4. The monoisotopic (exact) mass is 391 g/mol. The van der Waals surface area contributed by atoms with Gasteiger partial charge in [-0.3, -0.25) is 9.59 Å². The van der Waals surface area contributed by atoms with Crippen LogP contribution in [0.1, 0.15) is 0 Å². The van der Waals surface area contributed by atoms with E-state index in [9.17, 15) is 14.7 Å². The summed E-state index contributed by atoms with van der Waals surface area (Å²) in [4.78, 5) is 25.2. The summed E-state index contributed by atoms with van der Waals surface area (Å²) in [5.74, 6) is -0.395. The molecule has 12 heteroatoms. The number of thioether (sulfide) groups is 2. The molecule has 2 saturated heterocycles. The largest absolute Gasteiger partial charge is 0.481 e. The molecule has 132 valence electrons. The third-order valence-corrected chi connectivity index (χ3v) is 7.82. The van der Waals surface area contributed by atoms with Gasteiger partial charge in [-0.1, -0.05) is 23.1 Å². The smallest absolute Gasteiger partial charge is 0.313 e. The number of nitrogens with one attached hydrogen (secondary N) is 1. The summed E-state index contributed by atoms with van der Waals surface area (Å²) >= 11 is 4.05. The van der Waals surface area contributed by atoms with Crippen LogP contribution in [0.15, 0.2) is 4.34 Å². The van der Waals surface area contributed by atoms with Gasteiger partial charge in [0.25, 0.3) is 0 Å². The first-order valence-corrected chi connectivity index (χ1v) is 10.0. The van der Waals surface area contributed by atoms with Crippen molar-refractivity contribution < 1.29 is 19.8 Å². The van der Waals surface area contributed by atoms with Crippen molar-refractivity contribution in [3.05, 3.63) is 0 Å². The summed E-state index contributed by atoms with van der Waals surface area (Å²) in [6.45, 7) is 0.552. The van der Waals surface area contributed by atoms with Gasteiger partial charge in [-0.05, 0) is 0 Å². The molecule has 24 heavy (non-hydrogen) atoms. The molecule has 9 nitrogen and oxygen atoms in total. The van der Waals surface area contributed by atoms with Crippen LogP contribution in [-0.2, 0) is 9.59 Å². The second kappa shape index (κ2) is 7.04. The summed E-state index contributed by atoms with van der Waals surface area (Å²) in [5, 5.41) is 29.8. The molecule has 1 aromatic rings. The molecular formula is C12H17N5O4S3. The van der Waals surface area contributed by atoms with Crippen molar-refractivity contribution in [1.82, 2.24) is 15.1 Å². The van der Waals surface area contributed by atoms with E-state index in [1.165, 1.54) is 34.9 Å². The van der Waals surface area contributed by atoms with Gasteiger partial charge < -0.3 is 26.2 Å². The van der Waals surface area contributed by atoms with E-state index in [0.29, 0.717) is 27.5 Å². The molecule has 0 aliphatic carbocycles. The Morgan fingerprint density at radius 2 is 2.33 bits per heavy atom. The Kier molecular flexibility index (Phi) is 5.20. The molecule has 3 heterocycles. The third kappa shape index (κ3) is 3.20. The number of carboxylic acid groups (broad SMARTS) is 1. The number of aromatic nitrogens is 2. The Labute approximate surface area is 150 Å². The minimum Gasteiger partial charge on any atom is -0.481 e. The molecule has 3 atom stereocenters. The van der Waals surface area contributed by atoms with Gasteiger partial charge in [0.1, 0.15) is 16.8 Å². The van der Waals surface area contributed by atoms with Crippen molar-refractivity contribution >= 4 is 51.9 Å². The molecule has 2 unspecified atom stereocenters. The quantitative estimate of drug-likeness (QED) is 0.350. The van der Waals surface area contributed by atoms with Gasteiger partial charge in [0.2, 0.25) is 11.0 Å². The van der Waals surface area contributed by atoms with Crippen LogP contribution < -0.4 is 11.1 Å². The van der Waals surface area contributed by atoms with E-state index in [-0.39, 0.29) is 24.4 Å². The number of carbonyl (C=O) groups excluding carboxylic acids is 1. The Morgan fingerprint density at radius 3 is 3.04 bits per heavy atom. The molecule has 5 N–H and O–H groups in total. The van der Waals surface area contributed by atoms with Crippen LogP contribution in [0.3, 0.4) is 0 Å². The van der Waals surface area contributed by atoms with Crippen molar-refractivity contribution in [3.8, 4) is 0 Å². The average Bonchev–Trinajstić information content (AvgIpc) is 3.04. The maximum atomic E-state index is 11.8. The van der Waals surface area contributed by atoms with Crippen molar-refractivity contribution in [2.75, 3.05) is 36.5 Å². The van der Waals surface area contributed by atoms with E-state index in [2.05, 4.69) is 15.5 Å². The van der Waals surface area contributed by atoms with E-state index >= 15 is 0 Å². The van der Waals surface area contributed by atoms with E-state index in [4.69, 9.17) is 10.8 Å². The second-order valence-corrected chi connectivity index (χ2v) is 8.90. The highest BCUT2D eigenvalue weighted by Crippen LogP contribution is 2.44. The molecular weight excluding hydrogens is 374 g/mol. The number of nitrogens with two attached hydrogens (primary N) is 1. The number of carboxylic acids is 1. The average molecular weight is 392 g/mol. The second-order valence-electron chi connectivity index (χ2n) is 5.59. The zero-order valence-corrected chi connectivity index (χ0v) is 15.0. The van der Waals surface area contributed by atoms with Crippen LogP contribution in [0, 0.1) is 5.41 Å². The Hall–Kier alpha value is -1.08. The van der Waals surface area contributed by atoms with Gasteiger partial charge in [0.05, 0.1) is 6.61 Å². The van der Waals surface area contributed by atoms with Gasteiger partial charge in [-0.25, -0.2) is 0 Å². The number of anilines is 1. The first-order chi connectivity index (χ1) is 11.5. The normalized spacial score (nSPS) is 29.1. The summed E-state index contributed by atoms with van der Waals surface area (Å²) in [7, 11) is 0. The topological polar surface area (TPSA) is 142 Å². The molecule has 1 amide bonds. The van der Waals surface area contributed by atoms with Crippen LogP contribution in [0.25, 0.3) is 0 Å². The van der Waals surface area contributed by atoms with Gasteiger partial charge >= 0.3 is 5.97 Å². The predicted octanol–water partition coefficient (Wildman–Crippen LogP) is -0.652. The minimum absolute atomic E-state index is 0.00539. The first kappa shape index (κ1) is 17.7. The maximum Gasteiger partial charge on any atom is 0.313 e. The van der Waals surface area contributed by atoms with Crippen LogP contribution in [0.2, 0.25) is 0 Å². The third-order valence-electron chi connectivity index (χ3n) is 3.91. The lowest BCUT2D eigenvalue weighted by atomic mass is 9.89. The zero-order valence-electron chi connectivity index (χ0n) is 12.5. The molecule has 3 rings (SSSR count). The maximum absolute atomic E-state index is 11.8. The Morgan fingerprint density at radius 1 is 1.54 bits per heavy atom. The number of aliphatic hydroxyl groups is 1. The molecule has 0 spiro atoms. The summed E-state index contributed by atoms with van der Waals surface area (Å²) < 4.78 is 0.648. The number of β-lactam (4-membered cyclic amide) rings is 1. The minimum atomic E-state index is -1.02. The highest BCUT2D eigenvalue weighted by atomic mass is 32.2. The number of aliphatic carboxylic acids is 1. The lowest BCUT2D eigenvalue weighted by Crippen LogP contribution is -2.72. The molecule has 0 aromatic carbocycles. The van der Waals surface area contributed by atoms with E-state index < -0.39 is 17.4 Å². The fourth-order valence-corrected chi connectivity index (χ4v) is 6.09. The molecule has 0 radical (unpaired) electrons. The van der Waals surface area contributed by atoms with E-state index in [1.807, 2.05) is 0 Å². The lowest BCUT2D eigenvalue weighted by molar-refractivity contribution is -0.155. The standard InChI is InChI=1S/C12H17N5O4S3/c13-6-7(19)17-3-12(9(20)21,4-22-8(6)17)5-23-11-16-15-10(24-11)14-1-2-18/h6,8,18H,1-5,13H2,(H,14,15)(H,20,21)/t6?,8-,12?/m1/s1.